The maximum Gasteiger partial charge on any atom is 0.374 e. The van der Waals surface area contributed by atoms with E-state index in [1.165, 1.54) is 71.5 Å². The van der Waals surface area contributed by atoms with Crippen molar-refractivity contribution in [1.29, 1.82) is 0 Å². The number of carboxylic acids is 1. The fourth-order valence-electron chi connectivity index (χ4n) is 4.26. The van der Waals surface area contributed by atoms with Gasteiger partial charge in [-0.05, 0) is 59.3 Å². The van der Waals surface area contributed by atoms with Crippen LogP contribution >= 0.6 is 22.7 Å². The molecule has 224 valence electrons. The van der Waals surface area contributed by atoms with E-state index in [2.05, 4.69) is 30.1 Å². The number of carbonyl (C=O) groups excluding carboxylic acids is 1. The minimum absolute atomic E-state index is 0.117. The van der Waals surface area contributed by atoms with Crippen LogP contribution in [0.1, 0.15) is 21.1 Å². The summed E-state index contributed by atoms with van der Waals surface area (Å²) in [6.45, 7) is 0. The number of fused-ring (bicyclic) bond motifs is 6. The number of nitrogen functional groups attached to an aromatic ring is 1. The molecule has 0 bridgehead atoms. The van der Waals surface area contributed by atoms with Crippen LogP contribution < -0.4 is 11.1 Å². The number of halogens is 2. The maximum atomic E-state index is 13.3. The standard InChI is InChI=1S/C15H8FN3O2S.C11H7FN2S.C4H3NO3/c16-9-2-3-10-8(7-9)1-4-11-13(10)22-15(18-11)19-14(20)12-5-6-17-21-12;12-7-2-3-8-6(5-7)1-4-9-10(8)15-11(13)14-9;6-4(7)3-1-2-5-8-3/h1-7H,(H,18,19,20);1-5H,(H2,13,14);1-2H,(H,6,7). The van der Waals surface area contributed by atoms with Gasteiger partial charge in [-0.1, -0.05) is 45.1 Å². The number of carboxylic acid groups (broad SMARTS) is 1. The molecule has 0 aliphatic rings. The number of hydrogen-bond donors (Lipinski definition) is 3. The minimum Gasteiger partial charge on any atom is -0.475 e. The summed E-state index contributed by atoms with van der Waals surface area (Å²) in [6.07, 6.45) is 2.68. The summed E-state index contributed by atoms with van der Waals surface area (Å²) >= 11 is 2.76. The average molecular weight is 645 g/mol. The first kappa shape index (κ1) is 29.3. The molecule has 0 aliphatic carbocycles. The first-order chi connectivity index (χ1) is 21.7. The summed E-state index contributed by atoms with van der Waals surface area (Å²) in [4.78, 5) is 30.4. The van der Waals surface area contributed by atoms with E-state index in [-0.39, 0.29) is 23.2 Å². The van der Waals surface area contributed by atoms with Crippen LogP contribution in [-0.4, -0.2) is 37.3 Å². The van der Waals surface area contributed by atoms with Gasteiger partial charge in [0.1, 0.15) is 11.6 Å². The van der Waals surface area contributed by atoms with Gasteiger partial charge >= 0.3 is 5.97 Å². The topological polar surface area (TPSA) is 170 Å². The number of nitrogens with two attached hydrogens (primary N) is 1. The van der Waals surface area contributed by atoms with Gasteiger partial charge in [-0.3, -0.25) is 10.1 Å². The Bertz CT molecular complexity index is 2300. The second-order valence-electron chi connectivity index (χ2n) is 9.14. The zero-order chi connectivity index (χ0) is 31.5. The third-order valence-corrected chi connectivity index (χ3v) is 8.17. The molecule has 0 radical (unpaired) electrons. The summed E-state index contributed by atoms with van der Waals surface area (Å²) < 4.78 is 37.2. The number of aromatic nitrogens is 4. The van der Waals surface area contributed by atoms with Crippen molar-refractivity contribution in [3.63, 3.8) is 0 Å². The number of anilines is 2. The molecule has 0 saturated heterocycles. The third-order valence-electron chi connectivity index (χ3n) is 6.21. The fourth-order valence-corrected chi connectivity index (χ4v) is 6.12. The predicted octanol–water partition coefficient (Wildman–Crippen LogP) is 7.37. The monoisotopic (exact) mass is 644 g/mol. The SMILES string of the molecule is Nc1nc2ccc3cc(F)ccc3c2s1.O=C(Nc1nc2ccc3cc(F)ccc3c2s1)c1ccno1.O=C(O)c1ccno1. The maximum absolute atomic E-state index is 13.3. The average Bonchev–Trinajstić information content (AvgIpc) is 3.84. The van der Waals surface area contributed by atoms with Crippen LogP contribution in [-0.2, 0) is 0 Å². The molecule has 8 aromatic rings. The van der Waals surface area contributed by atoms with E-state index < -0.39 is 11.9 Å². The number of thiazole rings is 2. The van der Waals surface area contributed by atoms with Crippen LogP contribution in [0.4, 0.5) is 19.0 Å². The first-order valence-electron chi connectivity index (χ1n) is 12.8. The van der Waals surface area contributed by atoms with Gasteiger partial charge in [-0.2, -0.15) is 0 Å². The summed E-state index contributed by atoms with van der Waals surface area (Å²) in [5.41, 5.74) is 7.26. The van der Waals surface area contributed by atoms with Gasteiger partial charge in [-0.15, -0.1) is 0 Å². The van der Waals surface area contributed by atoms with Gasteiger partial charge in [-0.25, -0.2) is 23.5 Å². The summed E-state index contributed by atoms with van der Waals surface area (Å²) in [7, 11) is 0. The molecule has 4 heterocycles. The smallest absolute Gasteiger partial charge is 0.374 e. The van der Waals surface area contributed by atoms with Crippen molar-refractivity contribution in [2.45, 2.75) is 0 Å². The molecule has 0 fully saturated rings. The molecule has 0 spiro atoms. The number of nitrogens with zero attached hydrogens (tertiary/aromatic N) is 4. The third kappa shape index (κ3) is 6.43. The van der Waals surface area contributed by atoms with Crippen LogP contribution in [0.15, 0.2) is 94.2 Å². The molecule has 0 saturated carbocycles. The molecule has 8 rings (SSSR count). The molecular formula is C30H18F2N6O5S2. The molecule has 11 nitrogen and oxygen atoms in total. The van der Waals surface area contributed by atoms with E-state index in [1.54, 1.807) is 18.2 Å². The van der Waals surface area contributed by atoms with Gasteiger partial charge in [0.05, 0.1) is 32.8 Å². The van der Waals surface area contributed by atoms with Crippen molar-refractivity contribution in [2.24, 2.45) is 0 Å². The number of amides is 1. The lowest BCUT2D eigenvalue weighted by Crippen LogP contribution is -2.10. The normalized spacial score (nSPS) is 10.8. The van der Waals surface area contributed by atoms with Crippen molar-refractivity contribution in [2.75, 3.05) is 11.1 Å². The minimum atomic E-state index is -1.09. The number of carbonyl (C=O) groups is 2. The lowest BCUT2D eigenvalue weighted by Gasteiger charge is -1.98. The quantitative estimate of drug-likeness (QED) is 0.176. The van der Waals surface area contributed by atoms with E-state index >= 15 is 0 Å². The molecule has 0 aliphatic heterocycles. The Kier molecular flexibility index (Phi) is 8.09. The van der Waals surface area contributed by atoms with Gasteiger partial charge < -0.3 is 19.9 Å². The Morgan fingerprint density at radius 1 is 0.733 bits per heavy atom. The zero-order valence-corrected chi connectivity index (χ0v) is 24.2. The van der Waals surface area contributed by atoms with E-state index in [1.807, 2.05) is 18.2 Å². The lowest BCUT2D eigenvalue weighted by molar-refractivity contribution is 0.0651. The highest BCUT2D eigenvalue weighted by atomic mass is 32.1. The second-order valence-corrected chi connectivity index (χ2v) is 11.2. The summed E-state index contributed by atoms with van der Waals surface area (Å²) in [6, 6.07) is 19.4. The fraction of sp³-hybridized carbons (Fsp3) is 0. The zero-order valence-electron chi connectivity index (χ0n) is 22.6. The Labute approximate surface area is 258 Å². The van der Waals surface area contributed by atoms with Crippen LogP contribution in [0, 0.1) is 11.6 Å². The summed E-state index contributed by atoms with van der Waals surface area (Å²) in [5.74, 6) is -2.03. The highest BCUT2D eigenvalue weighted by Crippen LogP contribution is 2.33. The first-order valence-corrected chi connectivity index (χ1v) is 14.5. The Morgan fingerprint density at radius 2 is 1.29 bits per heavy atom. The lowest BCUT2D eigenvalue weighted by atomic mass is 10.1. The van der Waals surface area contributed by atoms with E-state index in [0.717, 1.165) is 42.0 Å². The van der Waals surface area contributed by atoms with Crippen LogP contribution in [0.2, 0.25) is 0 Å². The number of aromatic carboxylic acids is 1. The Hall–Kier alpha value is -5.80. The molecule has 4 aromatic carbocycles. The molecule has 1 amide bonds. The molecule has 0 unspecified atom stereocenters. The number of benzene rings is 4. The number of rotatable bonds is 3. The highest BCUT2D eigenvalue weighted by molar-refractivity contribution is 7.23. The van der Waals surface area contributed by atoms with Gasteiger partial charge in [0.25, 0.3) is 5.91 Å². The van der Waals surface area contributed by atoms with Crippen LogP contribution in [0.3, 0.4) is 0 Å². The Morgan fingerprint density at radius 3 is 1.82 bits per heavy atom. The van der Waals surface area contributed by atoms with Crippen LogP contribution in [0.5, 0.6) is 0 Å². The van der Waals surface area contributed by atoms with Gasteiger partial charge in [0, 0.05) is 22.9 Å². The molecule has 4 aromatic heterocycles. The van der Waals surface area contributed by atoms with Gasteiger partial charge in [0.2, 0.25) is 11.5 Å². The predicted molar refractivity (Wildman–Crippen MR) is 166 cm³/mol. The van der Waals surface area contributed by atoms with Crippen molar-refractivity contribution in [3.8, 4) is 0 Å². The molecule has 15 heteroatoms. The highest BCUT2D eigenvalue weighted by Gasteiger charge is 2.14. The number of nitrogens with one attached hydrogen (secondary N) is 1. The molecular weight excluding hydrogens is 626 g/mol. The van der Waals surface area contributed by atoms with E-state index in [4.69, 9.17) is 15.4 Å². The molecule has 0 atom stereocenters. The van der Waals surface area contributed by atoms with Gasteiger partial charge in [0.15, 0.2) is 10.3 Å². The van der Waals surface area contributed by atoms with Crippen molar-refractivity contribution in [3.05, 3.63) is 108 Å². The van der Waals surface area contributed by atoms with Crippen molar-refractivity contribution < 1.29 is 32.5 Å². The van der Waals surface area contributed by atoms with Crippen molar-refractivity contribution >= 4 is 86.8 Å². The largest absolute Gasteiger partial charge is 0.475 e. The van der Waals surface area contributed by atoms with E-state index in [0.29, 0.717) is 10.3 Å². The Balaban J connectivity index is 0.000000134. The van der Waals surface area contributed by atoms with Crippen LogP contribution in [0.25, 0.3) is 42.0 Å². The summed E-state index contributed by atoms with van der Waals surface area (Å²) in [5, 5.41) is 22.1. The number of hydrogen-bond acceptors (Lipinski definition) is 11. The molecule has 4 N–H and O–H groups in total. The van der Waals surface area contributed by atoms with E-state index in [9.17, 15) is 18.4 Å². The van der Waals surface area contributed by atoms with Crippen molar-refractivity contribution in [1.82, 2.24) is 20.3 Å². The second kappa shape index (κ2) is 12.4. The molecule has 45 heavy (non-hydrogen) atoms.